The number of hydrogen-bond donors (Lipinski definition) is 2. The monoisotopic (exact) mass is 312 g/mol. The Morgan fingerprint density at radius 2 is 1.95 bits per heavy atom. The fraction of sp³-hybridized carbons (Fsp3) is 0.200. The van der Waals surface area contributed by atoms with Gasteiger partial charge in [-0.2, -0.15) is 0 Å². The van der Waals surface area contributed by atoms with E-state index in [0.717, 1.165) is 0 Å². The number of benzene rings is 2. The van der Waals surface area contributed by atoms with Gasteiger partial charge in [0, 0.05) is 5.56 Å². The number of rotatable bonds is 5. The van der Waals surface area contributed by atoms with Crippen LogP contribution in [0.2, 0.25) is 5.02 Å². The van der Waals surface area contributed by atoms with Gasteiger partial charge < -0.3 is 4.74 Å². The van der Waals surface area contributed by atoms with Gasteiger partial charge in [-0.25, -0.2) is 8.78 Å². The van der Waals surface area contributed by atoms with Crippen LogP contribution in [0.25, 0.3) is 0 Å². The molecule has 0 saturated heterocycles. The van der Waals surface area contributed by atoms with Crippen LogP contribution in [0.1, 0.15) is 17.2 Å². The molecule has 0 radical (unpaired) electrons. The molecule has 0 spiro atoms. The minimum absolute atomic E-state index is 0.0174. The third kappa shape index (κ3) is 3.32. The van der Waals surface area contributed by atoms with Gasteiger partial charge in [0.1, 0.15) is 17.4 Å². The van der Waals surface area contributed by atoms with Crippen molar-refractivity contribution < 1.29 is 13.5 Å². The third-order valence-corrected chi connectivity index (χ3v) is 3.53. The second-order valence-electron chi connectivity index (χ2n) is 4.49. The lowest BCUT2D eigenvalue weighted by molar-refractivity contribution is 0.389. The van der Waals surface area contributed by atoms with Gasteiger partial charge in [-0.15, -0.1) is 0 Å². The largest absolute Gasteiger partial charge is 0.496 e. The number of methoxy groups -OCH3 is 1. The van der Waals surface area contributed by atoms with E-state index in [1.807, 2.05) is 0 Å². The van der Waals surface area contributed by atoms with Gasteiger partial charge in [-0.05, 0) is 30.2 Å². The molecule has 2 rings (SSSR count). The zero-order valence-electron chi connectivity index (χ0n) is 11.4. The quantitative estimate of drug-likeness (QED) is 0.657. The van der Waals surface area contributed by atoms with Crippen LogP contribution in [0.3, 0.4) is 0 Å². The zero-order chi connectivity index (χ0) is 15.4. The van der Waals surface area contributed by atoms with Crippen LogP contribution >= 0.6 is 11.6 Å². The average Bonchev–Trinajstić information content (AvgIpc) is 2.49. The maximum absolute atomic E-state index is 14.1. The van der Waals surface area contributed by atoms with Crippen LogP contribution in [-0.2, 0) is 6.42 Å². The molecule has 0 saturated carbocycles. The summed E-state index contributed by atoms with van der Waals surface area (Å²) in [4.78, 5) is 0. The maximum Gasteiger partial charge on any atom is 0.145 e. The van der Waals surface area contributed by atoms with Crippen LogP contribution in [-0.4, -0.2) is 7.11 Å². The van der Waals surface area contributed by atoms with E-state index in [0.29, 0.717) is 11.3 Å². The summed E-state index contributed by atoms with van der Waals surface area (Å²) in [5, 5.41) is 0.0174. The van der Waals surface area contributed by atoms with Crippen molar-refractivity contribution >= 4 is 11.6 Å². The van der Waals surface area contributed by atoms with Gasteiger partial charge >= 0.3 is 0 Å². The predicted octanol–water partition coefficient (Wildman–Crippen LogP) is 3.37. The van der Waals surface area contributed by atoms with Gasteiger partial charge in [-0.3, -0.25) is 11.3 Å². The molecule has 112 valence electrons. The summed E-state index contributed by atoms with van der Waals surface area (Å²) < 4.78 is 33.2. The highest BCUT2D eigenvalue weighted by Gasteiger charge is 2.21. The fourth-order valence-electron chi connectivity index (χ4n) is 2.20. The molecule has 0 aliphatic rings. The van der Waals surface area contributed by atoms with Gasteiger partial charge in [0.2, 0.25) is 0 Å². The molecule has 1 atom stereocenters. The zero-order valence-corrected chi connectivity index (χ0v) is 12.1. The Hall–Kier alpha value is -1.69. The van der Waals surface area contributed by atoms with Crippen LogP contribution in [0.15, 0.2) is 36.4 Å². The van der Waals surface area contributed by atoms with E-state index in [2.05, 4.69) is 5.43 Å². The minimum atomic E-state index is -0.644. The number of halogens is 3. The van der Waals surface area contributed by atoms with Gasteiger partial charge in [0.25, 0.3) is 0 Å². The van der Waals surface area contributed by atoms with Crippen LogP contribution < -0.4 is 16.0 Å². The molecule has 0 heterocycles. The van der Waals surface area contributed by atoms with Crippen molar-refractivity contribution in [2.75, 3.05) is 7.11 Å². The van der Waals surface area contributed by atoms with Crippen molar-refractivity contribution in [3.63, 3.8) is 0 Å². The van der Waals surface area contributed by atoms with Crippen molar-refractivity contribution in [1.82, 2.24) is 5.43 Å². The Balaban J connectivity index is 2.39. The Morgan fingerprint density at radius 3 is 2.62 bits per heavy atom. The Morgan fingerprint density at radius 1 is 1.24 bits per heavy atom. The van der Waals surface area contributed by atoms with Crippen LogP contribution in [0.5, 0.6) is 5.75 Å². The number of ether oxygens (including phenoxy) is 1. The lowest BCUT2D eigenvalue weighted by Gasteiger charge is -2.20. The Kier molecular flexibility index (Phi) is 5.12. The second-order valence-corrected chi connectivity index (χ2v) is 4.90. The van der Waals surface area contributed by atoms with Gasteiger partial charge in [-0.1, -0.05) is 29.8 Å². The van der Waals surface area contributed by atoms with E-state index in [1.54, 1.807) is 18.2 Å². The summed E-state index contributed by atoms with van der Waals surface area (Å²) in [5.74, 6) is 4.85. The van der Waals surface area contributed by atoms with E-state index >= 15 is 0 Å². The van der Waals surface area contributed by atoms with Gasteiger partial charge in [0.15, 0.2) is 0 Å². The van der Waals surface area contributed by atoms with Crippen molar-refractivity contribution in [3.05, 3.63) is 64.2 Å². The number of nitrogens with one attached hydrogen (secondary N) is 1. The highest BCUT2D eigenvalue weighted by Crippen LogP contribution is 2.31. The predicted molar refractivity (Wildman–Crippen MR) is 78.1 cm³/mol. The van der Waals surface area contributed by atoms with E-state index in [4.69, 9.17) is 22.2 Å². The molecule has 0 amide bonds. The lowest BCUT2D eigenvalue weighted by Crippen LogP contribution is -2.31. The van der Waals surface area contributed by atoms with E-state index in [9.17, 15) is 8.78 Å². The molecule has 2 aromatic rings. The summed E-state index contributed by atoms with van der Waals surface area (Å²) in [6, 6.07) is 8.48. The summed E-state index contributed by atoms with van der Waals surface area (Å²) in [6.45, 7) is 0. The van der Waals surface area contributed by atoms with Gasteiger partial charge in [0.05, 0.1) is 18.2 Å². The third-order valence-electron chi connectivity index (χ3n) is 3.24. The summed E-state index contributed by atoms with van der Waals surface area (Å²) in [7, 11) is 1.44. The Bertz CT molecular complexity index is 637. The molecule has 6 heteroatoms. The van der Waals surface area contributed by atoms with Crippen molar-refractivity contribution in [2.24, 2.45) is 5.84 Å². The van der Waals surface area contributed by atoms with Crippen LogP contribution in [0.4, 0.5) is 8.78 Å². The van der Waals surface area contributed by atoms with Crippen molar-refractivity contribution in [2.45, 2.75) is 12.5 Å². The molecule has 0 fully saturated rings. The second kappa shape index (κ2) is 6.85. The molecule has 1 unspecified atom stereocenters. The SMILES string of the molecule is COc1cccc(F)c1C(Cc1cccc(Cl)c1F)NN. The topological polar surface area (TPSA) is 47.3 Å². The van der Waals surface area contributed by atoms with Crippen molar-refractivity contribution in [1.29, 1.82) is 0 Å². The molecule has 0 aliphatic carbocycles. The molecule has 0 aromatic heterocycles. The van der Waals surface area contributed by atoms with Crippen LogP contribution in [0, 0.1) is 11.6 Å². The summed E-state index contributed by atoms with van der Waals surface area (Å²) in [6.07, 6.45) is 0.139. The number of nitrogens with two attached hydrogens (primary N) is 1. The lowest BCUT2D eigenvalue weighted by atomic mass is 9.97. The first-order valence-corrected chi connectivity index (χ1v) is 6.67. The molecule has 21 heavy (non-hydrogen) atoms. The van der Waals surface area contributed by atoms with E-state index < -0.39 is 17.7 Å². The van der Waals surface area contributed by atoms with E-state index in [-0.39, 0.29) is 17.0 Å². The first-order chi connectivity index (χ1) is 10.1. The molecular weight excluding hydrogens is 298 g/mol. The fourth-order valence-corrected chi connectivity index (χ4v) is 2.40. The standard InChI is InChI=1S/C15H15ClF2N2O/c1-21-13-7-3-6-11(17)14(13)12(20-19)8-9-4-2-5-10(16)15(9)18/h2-7,12,20H,8,19H2,1H3. The summed E-state index contributed by atoms with van der Waals surface area (Å²) in [5.41, 5.74) is 3.09. The minimum Gasteiger partial charge on any atom is -0.496 e. The average molecular weight is 313 g/mol. The molecule has 3 N–H and O–H groups in total. The molecule has 3 nitrogen and oxygen atoms in total. The first-order valence-electron chi connectivity index (χ1n) is 6.30. The summed E-state index contributed by atoms with van der Waals surface area (Å²) >= 11 is 5.75. The normalized spacial score (nSPS) is 12.2. The number of hydrogen-bond acceptors (Lipinski definition) is 3. The highest BCUT2D eigenvalue weighted by molar-refractivity contribution is 6.30. The maximum atomic E-state index is 14.1. The highest BCUT2D eigenvalue weighted by atomic mass is 35.5. The Labute approximate surface area is 126 Å². The first kappa shape index (κ1) is 15.7. The van der Waals surface area contributed by atoms with E-state index in [1.165, 1.54) is 25.3 Å². The molecular formula is C15H15ClF2N2O. The number of hydrazine groups is 1. The molecule has 0 bridgehead atoms. The van der Waals surface area contributed by atoms with Crippen molar-refractivity contribution in [3.8, 4) is 5.75 Å². The smallest absolute Gasteiger partial charge is 0.145 e. The molecule has 2 aromatic carbocycles. The molecule has 0 aliphatic heterocycles.